The molecular weight excluding hydrogens is 344 g/mol. The van der Waals surface area contributed by atoms with Gasteiger partial charge in [-0.15, -0.1) is 0 Å². The molecule has 0 unspecified atom stereocenters. The van der Waals surface area contributed by atoms with Gasteiger partial charge in [-0.3, -0.25) is 0 Å². The minimum Gasteiger partial charge on any atom is -0.461 e. The lowest BCUT2D eigenvalue weighted by molar-refractivity contribution is 0.0519. The van der Waals surface area contributed by atoms with E-state index in [4.69, 9.17) is 9.47 Å². The number of carbonyl (C=O) groups is 2. The third-order valence-electron chi connectivity index (χ3n) is 4.05. The van der Waals surface area contributed by atoms with Crippen molar-refractivity contribution in [2.24, 2.45) is 0 Å². The van der Waals surface area contributed by atoms with Crippen LogP contribution in [0.4, 0.5) is 4.79 Å². The average molecular weight is 370 g/mol. The molecule has 1 aromatic carbocycles. The van der Waals surface area contributed by atoms with Crippen molar-refractivity contribution in [3.8, 4) is 0 Å². The number of ether oxygens (including phenoxy) is 2. The number of H-pyrrole nitrogens is 1. The summed E-state index contributed by atoms with van der Waals surface area (Å²) in [7, 11) is 0. The monoisotopic (exact) mass is 370 g/mol. The second-order valence-corrected chi connectivity index (χ2v) is 6.06. The predicted molar refractivity (Wildman–Crippen MR) is 105 cm³/mol. The first-order valence-electron chi connectivity index (χ1n) is 9.00. The normalized spacial score (nSPS) is 10.8. The first kappa shape index (κ1) is 20.3. The molecule has 1 heterocycles. The standard InChI is InChI=1S/C21H26N2O4/c1-4-26-20(24)19-15(2)18(16(3)23-19)12-8-9-13-22-21(25)27-14-17-10-6-5-7-11-17/h5-8,10-12,23H,4,9,13-14H2,1-3H3,(H,22,25). The molecule has 0 bridgehead atoms. The Morgan fingerprint density at radius 3 is 2.59 bits per heavy atom. The highest BCUT2D eigenvalue weighted by molar-refractivity contribution is 5.90. The first-order valence-corrected chi connectivity index (χ1v) is 9.00. The van der Waals surface area contributed by atoms with E-state index in [9.17, 15) is 9.59 Å². The molecule has 1 amide bonds. The SMILES string of the molecule is CCOC(=O)c1[nH]c(C)c(C=CCCNC(=O)OCc2ccccc2)c1C. The van der Waals surface area contributed by atoms with Gasteiger partial charge in [-0.25, -0.2) is 9.59 Å². The topological polar surface area (TPSA) is 80.4 Å². The number of rotatable bonds is 8. The number of hydrogen-bond acceptors (Lipinski definition) is 4. The smallest absolute Gasteiger partial charge is 0.407 e. The van der Waals surface area contributed by atoms with Crippen molar-refractivity contribution in [2.75, 3.05) is 13.2 Å². The number of aryl methyl sites for hydroxylation is 1. The highest BCUT2D eigenvalue weighted by Gasteiger charge is 2.16. The number of aromatic amines is 1. The van der Waals surface area contributed by atoms with E-state index < -0.39 is 6.09 Å². The van der Waals surface area contributed by atoms with Gasteiger partial charge >= 0.3 is 12.1 Å². The highest BCUT2D eigenvalue weighted by Crippen LogP contribution is 2.20. The van der Waals surface area contributed by atoms with Gasteiger partial charge < -0.3 is 19.8 Å². The van der Waals surface area contributed by atoms with E-state index in [0.29, 0.717) is 25.3 Å². The summed E-state index contributed by atoms with van der Waals surface area (Å²) in [6.07, 6.45) is 4.11. The molecular formula is C21H26N2O4. The van der Waals surface area contributed by atoms with Gasteiger partial charge in [0.1, 0.15) is 12.3 Å². The van der Waals surface area contributed by atoms with Crippen LogP contribution < -0.4 is 5.32 Å². The molecule has 0 saturated heterocycles. The van der Waals surface area contributed by atoms with Crippen molar-refractivity contribution in [3.05, 3.63) is 64.5 Å². The minimum absolute atomic E-state index is 0.251. The lowest BCUT2D eigenvalue weighted by Gasteiger charge is -2.05. The van der Waals surface area contributed by atoms with Crippen LogP contribution in [0.2, 0.25) is 0 Å². The molecule has 2 rings (SSSR count). The fraction of sp³-hybridized carbons (Fsp3) is 0.333. The van der Waals surface area contributed by atoms with E-state index >= 15 is 0 Å². The Kier molecular flexibility index (Phi) is 7.67. The van der Waals surface area contributed by atoms with Crippen molar-refractivity contribution >= 4 is 18.1 Å². The Morgan fingerprint density at radius 1 is 1.15 bits per heavy atom. The Bertz CT molecular complexity index is 794. The molecule has 0 saturated carbocycles. The number of amides is 1. The van der Waals surface area contributed by atoms with Crippen LogP contribution in [0.3, 0.4) is 0 Å². The summed E-state index contributed by atoms with van der Waals surface area (Å²) in [5.74, 6) is -0.347. The Labute approximate surface area is 159 Å². The van der Waals surface area contributed by atoms with E-state index in [1.165, 1.54) is 0 Å². The van der Waals surface area contributed by atoms with Gasteiger partial charge in [-0.05, 0) is 43.9 Å². The third kappa shape index (κ3) is 6.02. The second-order valence-electron chi connectivity index (χ2n) is 6.06. The van der Waals surface area contributed by atoms with Gasteiger partial charge in [0, 0.05) is 12.2 Å². The maximum atomic E-state index is 11.9. The molecule has 0 fully saturated rings. The third-order valence-corrected chi connectivity index (χ3v) is 4.05. The fourth-order valence-electron chi connectivity index (χ4n) is 2.65. The van der Waals surface area contributed by atoms with Gasteiger partial charge in [-0.2, -0.15) is 0 Å². The van der Waals surface area contributed by atoms with Gasteiger partial charge in [0.05, 0.1) is 6.61 Å². The van der Waals surface area contributed by atoms with Crippen molar-refractivity contribution in [1.29, 1.82) is 0 Å². The predicted octanol–water partition coefficient (Wildman–Crippen LogP) is 4.14. The summed E-state index contributed by atoms with van der Waals surface area (Å²) >= 11 is 0. The summed E-state index contributed by atoms with van der Waals surface area (Å²) in [6.45, 7) is 6.64. The molecule has 6 heteroatoms. The van der Waals surface area contributed by atoms with Gasteiger partial charge in [-0.1, -0.05) is 42.5 Å². The number of carbonyl (C=O) groups excluding carboxylic acids is 2. The molecule has 0 atom stereocenters. The molecule has 2 N–H and O–H groups in total. The largest absolute Gasteiger partial charge is 0.461 e. The molecule has 0 spiro atoms. The maximum absolute atomic E-state index is 11.9. The van der Waals surface area contributed by atoms with E-state index in [0.717, 1.165) is 22.4 Å². The molecule has 0 aliphatic carbocycles. The quantitative estimate of drug-likeness (QED) is 0.541. The van der Waals surface area contributed by atoms with Gasteiger partial charge in [0.15, 0.2) is 0 Å². The summed E-state index contributed by atoms with van der Waals surface area (Å²) < 4.78 is 10.2. The number of nitrogens with one attached hydrogen (secondary N) is 2. The molecule has 6 nitrogen and oxygen atoms in total. The zero-order valence-electron chi connectivity index (χ0n) is 16.0. The van der Waals surface area contributed by atoms with E-state index in [1.807, 2.05) is 56.3 Å². The second kappa shape index (κ2) is 10.2. The lowest BCUT2D eigenvalue weighted by Crippen LogP contribution is -2.24. The molecule has 0 radical (unpaired) electrons. The van der Waals surface area contributed by atoms with Crippen molar-refractivity contribution < 1.29 is 19.1 Å². The number of esters is 1. The molecule has 0 aliphatic rings. The van der Waals surface area contributed by atoms with Crippen LogP contribution in [0.25, 0.3) is 6.08 Å². The van der Waals surface area contributed by atoms with Crippen LogP contribution in [0.5, 0.6) is 0 Å². The zero-order chi connectivity index (χ0) is 19.6. The summed E-state index contributed by atoms with van der Waals surface area (Å²) in [5.41, 5.74) is 4.16. The molecule has 144 valence electrons. The van der Waals surface area contributed by atoms with Crippen LogP contribution >= 0.6 is 0 Å². The van der Waals surface area contributed by atoms with Crippen molar-refractivity contribution in [1.82, 2.24) is 10.3 Å². The van der Waals surface area contributed by atoms with Crippen LogP contribution in [0.1, 0.15) is 46.2 Å². The van der Waals surface area contributed by atoms with E-state index in [1.54, 1.807) is 6.92 Å². The van der Waals surface area contributed by atoms with Crippen LogP contribution in [0.15, 0.2) is 36.4 Å². The average Bonchev–Trinajstić information content (AvgIpc) is 2.95. The summed E-state index contributed by atoms with van der Waals surface area (Å²) in [5, 5.41) is 2.71. The van der Waals surface area contributed by atoms with E-state index in [-0.39, 0.29) is 12.6 Å². The zero-order valence-corrected chi connectivity index (χ0v) is 16.0. The Hall–Kier alpha value is -3.02. The van der Waals surface area contributed by atoms with Gasteiger partial charge in [0.2, 0.25) is 0 Å². The number of benzene rings is 1. The fourth-order valence-corrected chi connectivity index (χ4v) is 2.65. The lowest BCUT2D eigenvalue weighted by atomic mass is 10.1. The number of hydrogen-bond donors (Lipinski definition) is 2. The van der Waals surface area contributed by atoms with Crippen LogP contribution in [0, 0.1) is 13.8 Å². The number of alkyl carbamates (subject to hydrolysis) is 1. The Morgan fingerprint density at radius 2 is 1.89 bits per heavy atom. The maximum Gasteiger partial charge on any atom is 0.407 e. The van der Waals surface area contributed by atoms with Crippen LogP contribution in [-0.2, 0) is 16.1 Å². The van der Waals surface area contributed by atoms with E-state index in [2.05, 4.69) is 10.3 Å². The first-order chi connectivity index (χ1) is 13.0. The van der Waals surface area contributed by atoms with Crippen molar-refractivity contribution in [3.63, 3.8) is 0 Å². The summed E-state index contributed by atoms with van der Waals surface area (Å²) in [4.78, 5) is 26.7. The minimum atomic E-state index is -0.439. The highest BCUT2D eigenvalue weighted by atomic mass is 16.5. The van der Waals surface area contributed by atoms with Crippen molar-refractivity contribution in [2.45, 2.75) is 33.8 Å². The molecule has 27 heavy (non-hydrogen) atoms. The molecule has 0 aliphatic heterocycles. The number of aromatic nitrogens is 1. The molecule has 2 aromatic rings. The molecule has 1 aromatic heterocycles. The summed E-state index contributed by atoms with van der Waals surface area (Å²) in [6, 6.07) is 9.53. The van der Waals surface area contributed by atoms with Gasteiger partial charge in [0.25, 0.3) is 0 Å². The Balaban J connectivity index is 1.77. The van der Waals surface area contributed by atoms with Crippen LogP contribution in [-0.4, -0.2) is 30.2 Å².